The summed E-state index contributed by atoms with van der Waals surface area (Å²) in [6.45, 7) is 5.72. The van der Waals surface area contributed by atoms with Gasteiger partial charge in [0.05, 0.1) is 13.0 Å². The second-order valence-electron chi connectivity index (χ2n) is 8.24. The lowest BCUT2D eigenvalue weighted by atomic mass is 10.0. The molecule has 1 aromatic carbocycles. The lowest BCUT2D eigenvalue weighted by Gasteiger charge is -2.31. The molecule has 0 bridgehead atoms. The maximum atomic E-state index is 13.6. The zero-order chi connectivity index (χ0) is 22.8. The molecule has 0 spiro atoms. The van der Waals surface area contributed by atoms with E-state index in [0.29, 0.717) is 17.8 Å². The smallest absolute Gasteiger partial charge is 0.329 e. The maximum absolute atomic E-state index is 13.6. The molecular formula is C24H28N4O4. The Morgan fingerprint density at radius 3 is 2.62 bits per heavy atom. The number of carbonyl (C=O) groups is 2. The van der Waals surface area contributed by atoms with Crippen molar-refractivity contribution in [1.29, 1.82) is 0 Å². The second kappa shape index (κ2) is 8.98. The molecule has 3 aromatic rings. The predicted molar refractivity (Wildman–Crippen MR) is 119 cm³/mol. The number of hydrogen-bond acceptors (Lipinski definition) is 5. The molecule has 1 amide bonds. The number of esters is 1. The third kappa shape index (κ3) is 4.44. The van der Waals surface area contributed by atoms with Crippen molar-refractivity contribution in [2.45, 2.75) is 58.5 Å². The van der Waals surface area contributed by atoms with Crippen LogP contribution in [-0.2, 0) is 27.2 Å². The van der Waals surface area contributed by atoms with E-state index in [4.69, 9.17) is 4.74 Å². The number of ether oxygens (including phenoxy) is 1. The molecule has 4 rings (SSSR count). The Bertz CT molecular complexity index is 1190. The van der Waals surface area contributed by atoms with E-state index >= 15 is 0 Å². The van der Waals surface area contributed by atoms with Gasteiger partial charge in [0.1, 0.15) is 6.04 Å². The number of aryl methyl sites for hydroxylation is 2. The van der Waals surface area contributed by atoms with Gasteiger partial charge >= 0.3 is 5.97 Å². The topological polar surface area (TPSA) is 96.8 Å². The summed E-state index contributed by atoms with van der Waals surface area (Å²) in [4.78, 5) is 44.4. The van der Waals surface area contributed by atoms with Crippen molar-refractivity contribution in [3.05, 3.63) is 69.3 Å². The Balaban J connectivity index is 1.66. The van der Waals surface area contributed by atoms with E-state index in [9.17, 15) is 14.4 Å². The minimum atomic E-state index is -0.680. The third-order valence-electron chi connectivity index (χ3n) is 5.93. The van der Waals surface area contributed by atoms with Crippen molar-refractivity contribution < 1.29 is 14.3 Å². The van der Waals surface area contributed by atoms with Crippen LogP contribution in [0.5, 0.6) is 0 Å². The molecule has 2 heterocycles. The fraction of sp³-hybridized carbons (Fsp3) is 0.417. The van der Waals surface area contributed by atoms with Crippen LogP contribution in [0.2, 0.25) is 0 Å². The van der Waals surface area contributed by atoms with Gasteiger partial charge in [0.25, 0.3) is 5.56 Å². The van der Waals surface area contributed by atoms with Crippen LogP contribution in [0, 0.1) is 13.8 Å². The first-order valence-corrected chi connectivity index (χ1v) is 11.0. The lowest BCUT2D eigenvalue weighted by Crippen LogP contribution is -2.49. The summed E-state index contributed by atoms with van der Waals surface area (Å²) in [6.07, 6.45) is 2.25. The Hall–Kier alpha value is -3.42. The number of nitrogens with one attached hydrogen (secondary N) is 1. The van der Waals surface area contributed by atoms with Gasteiger partial charge in [0, 0.05) is 35.5 Å². The van der Waals surface area contributed by atoms with E-state index in [0.717, 1.165) is 29.7 Å². The zero-order valence-corrected chi connectivity index (χ0v) is 18.6. The molecule has 1 aliphatic carbocycles. The molecule has 8 heteroatoms. The number of hydrogen-bond donors (Lipinski definition) is 1. The highest BCUT2D eigenvalue weighted by atomic mass is 16.5. The molecule has 2 aromatic heterocycles. The summed E-state index contributed by atoms with van der Waals surface area (Å²) in [5, 5.41) is 2.72. The highest BCUT2D eigenvalue weighted by Crippen LogP contribution is 2.31. The number of amides is 1. The SMILES string of the molecule is CCOC(=O)C(Cc1ccccc1)N(C(=O)Cc1c(C)nc2cc(=O)[nH]n2c1C)C1CC1. The average molecular weight is 437 g/mol. The molecule has 1 atom stereocenters. The number of aromatic nitrogens is 3. The van der Waals surface area contributed by atoms with Crippen molar-refractivity contribution in [2.24, 2.45) is 0 Å². The fourth-order valence-electron chi connectivity index (χ4n) is 4.21. The molecule has 168 valence electrons. The first kappa shape index (κ1) is 21.8. The van der Waals surface area contributed by atoms with Gasteiger partial charge in [-0.15, -0.1) is 0 Å². The summed E-state index contributed by atoms with van der Waals surface area (Å²) in [5.41, 5.74) is 3.46. The van der Waals surface area contributed by atoms with Gasteiger partial charge in [-0.05, 0) is 39.2 Å². The van der Waals surface area contributed by atoms with Gasteiger partial charge in [-0.25, -0.2) is 14.3 Å². The summed E-state index contributed by atoms with van der Waals surface area (Å²) >= 11 is 0. The number of fused-ring (bicyclic) bond motifs is 1. The molecular weight excluding hydrogens is 408 g/mol. The van der Waals surface area contributed by atoms with Gasteiger partial charge in [0.15, 0.2) is 5.65 Å². The molecule has 1 saturated carbocycles. The van der Waals surface area contributed by atoms with Gasteiger partial charge in [-0.3, -0.25) is 14.7 Å². The monoisotopic (exact) mass is 436 g/mol. The number of H-pyrrole nitrogens is 1. The minimum Gasteiger partial charge on any atom is -0.464 e. The molecule has 0 saturated heterocycles. The summed E-state index contributed by atoms with van der Waals surface area (Å²) < 4.78 is 6.96. The second-order valence-corrected chi connectivity index (χ2v) is 8.24. The maximum Gasteiger partial charge on any atom is 0.329 e. The molecule has 0 radical (unpaired) electrons. The van der Waals surface area contributed by atoms with Crippen molar-refractivity contribution in [1.82, 2.24) is 19.5 Å². The summed E-state index contributed by atoms with van der Waals surface area (Å²) in [5.74, 6) is -0.517. The standard InChI is InChI=1S/C24H28N4O4/c1-4-32-24(31)20(12-17-8-6-5-7-9-17)27(18-10-11-18)23(30)13-19-15(2)25-21-14-22(29)26-28(21)16(19)3/h5-9,14,18,20H,4,10-13H2,1-3H3,(H,26,29). The highest BCUT2D eigenvalue weighted by Gasteiger charge is 2.41. The highest BCUT2D eigenvalue weighted by molar-refractivity contribution is 5.87. The van der Waals surface area contributed by atoms with E-state index in [1.165, 1.54) is 6.07 Å². The molecule has 0 aliphatic heterocycles. The van der Waals surface area contributed by atoms with Crippen LogP contribution < -0.4 is 5.56 Å². The average Bonchev–Trinajstić information content (AvgIpc) is 3.52. The molecule has 8 nitrogen and oxygen atoms in total. The van der Waals surface area contributed by atoms with Gasteiger partial charge in [0.2, 0.25) is 5.91 Å². The van der Waals surface area contributed by atoms with E-state index in [1.54, 1.807) is 16.3 Å². The van der Waals surface area contributed by atoms with E-state index in [2.05, 4.69) is 10.1 Å². The van der Waals surface area contributed by atoms with Gasteiger partial charge in [-0.2, -0.15) is 0 Å². The van der Waals surface area contributed by atoms with Crippen LogP contribution in [0.1, 0.15) is 42.3 Å². The quantitative estimate of drug-likeness (QED) is 0.547. The largest absolute Gasteiger partial charge is 0.464 e. The fourth-order valence-corrected chi connectivity index (χ4v) is 4.21. The zero-order valence-electron chi connectivity index (χ0n) is 18.6. The van der Waals surface area contributed by atoms with Crippen molar-refractivity contribution in [2.75, 3.05) is 6.61 Å². The van der Waals surface area contributed by atoms with Crippen LogP contribution in [0.15, 0.2) is 41.2 Å². The van der Waals surface area contributed by atoms with E-state index in [-0.39, 0.29) is 36.5 Å². The number of carbonyl (C=O) groups excluding carboxylic acids is 2. The summed E-state index contributed by atoms with van der Waals surface area (Å²) in [7, 11) is 0. The predicted octanol–water partition coefficient (Wildman–Crippen LogP) is 2.35. The van der Waals surface area contributed by atoms with Crippen molar-refractivity contribution in [3.63, 3.8) is 0 Å². The number of nitrogens with zero attached hydrogens (tertiary/aromatic N) is 3. The van der Waals surface area contributed by atoms with Crippen molar-refractivity contribution in [3.8, 4) is 0 Å². The molecule has 32 heavy (non-hydrogen) atoms. The van der Waals surface area contributed by atoms with Crippen LogP contribution in [-0.4, -0.2) is 50.1 Å². The Morgan fingerprint density at radius 1 is 1.25 bits per heavy atom. The van der Waals surface area contributed by atoms with Gasteiger partial charge < -0.3 is 9.64 Å². The Morgan fingerprint density at radius 2 is 1.97 bits per heavy atom. The van der Waals surface area contributed by atoms with Crippen LogP contribution in [0.4, 0.5) is 0 Å². The first-order chi connectivity index (χ1) is 15.4. The van der Waals surface area contributed by atoms with E-state index in [1.807, 2.05) is 44.2 Å². The molecule has 1 fully saturated rings. The van der Waals surface area contributed by atoms with Crippen molar-refractivity contribution >= 4 is 17.5 Å². The molecule has 1 N–H and O–H groups in total. The summed E-state index contributed by atoms with van der Waals surface area (Å²) in [6, 6.07) is 10.5. The third-order valence-corrected chi connectivity index (χ3v) is 5.93. The van der Waals surface area contributed by atoms with Crippen LogP contribution in [0.3, 0.4) is 0 Å². The molecule has 1 unspecified atom stereocenters. The minimum absolute atomic E-state index is 0.0318. The Labute approximate surface area is 186 Å². The number of aromatic amines is 1. The first-order valence-electron chi connectivity index (χ1n) is 11.0. The lowest BCUT2D eigenvalue weighted by molar-refractivity contribution is -0.155. The molecule has 1 aliphatic rings. The normalized spacial score (nSPS) is 14.3. The van der Waals surface area contributed by atoms with E-state index < -0.39 is 6.04 Å². The number of rotatable bonds is 8. The number of benzene rings is 1. The Kier molecular flexibility index (Phi) is 6.12. The van der Waals surface area contributed by atoms with Crippen LogP contribution >= 0.6 is 0 Å². The van der Waals surface area contributed by atoms with Gasteiger partial charge in [-0.1, -0.05) is 30.3 Å². The van der Waals surface area contributed by atoms with Crippen LogP contribution in [0.25, 0.3) is 5.65 Å².